The predicted molar refractivity (Wildman–Crippen MR) is 115 cm³/mol. The number of aliphatic hydroxyl groups excluding tert-OH is 1. The minimum Gasteiger partial charge on any atom is -0.390 e. The van der Waals surface area contributed by atoms with E-state index in [0.29, 0.717) is 19.8 Å². The summed E-state index contributed by atoms with van der Waals surface area (Å²) in [5.74, 6) is -0.209. The van der Waals surface area contributed by atoms with Gasteiger partial charge in [-0.2, -0.15) is 0 Å². The zero-order chi connectivity index (χ0) is 21.1. The van der Waals surface area contributed by atoms with Crippen molar-refractivity contribution in [3.05, 3.63) is 65.1 Å². The van der Waals surface area contributed by atoms with Gasteiger partial charge in [0.2, 0.25) is 0 Å². The monoisotopic (exact) mass is 411 g/mol. The number of imidazole rings is 1. The highest BCUT2D eigenvalue weighted by atomic mass is 16.7. The Kier molecular flexibility index (Phi) is 6.34. The third-order valence-corrected chi connectivity index (χ3v) is 5.81. The molecule has 0 fully saturated rings. The van der Waals surface area contributed by atoms with E-state index in [0.717, 1.165) is 33.8 Å². The molecule has 7 heteroatoms. The number of nitrogens with one attached hydrogen (secondary N) is 1. The Morgan fingerprint density at radius 3 is 2.67 bits per heavy atom. The van der Waals surface area contributed by atoms with Crippen LogP contribution in [-0.2, 0) is 14.2 Å². The van der Waals surface area contributed by atoms with Crippen LogP contribution in [0.1, 0.15) is 34.5 Å². The maximum Gasteiger partial charge on any atom is 0.161 e. The Labute approximate surface area is 176 Å². The van der Waals surface area contributed by atoms with Crippen LogP contribution >= 0.6 is 0 Å². The highest BCUT2D eigenvalue weighted by Gasteiger charge is 2.38. The van der Waals surface area contributed by atoms with Crippen molar-refractivity contribution in [3.63, 3.8) is 0 Å². The second-order valence-corrected chi connectivity index (χ2v) is 7.64. The number of rotatable bonds is 8. The highest BCUT2D eigenvalue weighted by molar-refractivity contribution is 5.75. The van der Waals surface area contributed by atoms with Crippen molar-refractivity contribution in [1.82, 2.24) is 9.38 Å². The van der Waals surface area contributed by atoms with Crippen LogP contribution in [-0.4, -0.2) is 54.3 Å². The van der Waals surface area contributed by atoms with Gasteiger partial charge in [-0.3, -0.25) is 0 Å². The Bertz CT molecular complexity index is 989. The topological polar surface area (TPSA) is 77.2 Å². The first-order chi connectivity index (χ1) is 14.6. The summed E-state index contributed by atoms with van der Waals surface area (Å²) in [5, 5.41) is 14.8. The van der Waals surface area contributed by atoms with Gasteiger partial charge >= 0.3 is 0 Å². The summed E-state index contributed by atoms with van der Waals surface area (Å²) in [6.07, 6.45) is 1.36. The molecule has 160 valence electrons. The van der Waals surface area contributed by atoms with E-state index in [1.54, 1.807) is 7.11 Å². The van der Waals surface area contributed by atoms with Crippen LogP contribution in [0.15, 0.2) is 42.6 Å². The predicted octanol–water partition coefficient (Wildman–Crippen LogP) is 3.20. The van der Waals surface area contributed by atoms with E-state index in [-0.39, 0.29) is 18.8 Å². The van der Waals surface area contributed by atoms with Gasteiger partial charge in [0.05, 0.1) is 43.3 Å². The first-order valence-electron chi connectivity index (χ1n) is 10.2. The number of anilines is 1. The van der Waals surface area contributed by atoms with Gasteiger partial charge in [0.15, 0.2) is 5.65 Å². The SMILES string of the molecule is COCCOCOC[C@H]1c2ccn3c(C)c(C)nc3c2N[C@H](c2ccccc2)[C@@H]1O. The van der Waals surface area contributed by atoms with Crippen LogP contribution in [0.25, 0.3) is 5.65 Å². The summed E-state index contributed by atoms with van der Waals surface area (Å²) < 4.78 is 18.3. The zero-order valence-corrected chi connectivity index (χ0v) is 17.7. The molecule has 2 aromatic heterocycles. The molecule has 30 heavy (non-hydrogen) atoms. The molecule has 0 aliphatic carbocycles. The minimum atomic E-state index is -0.654. The van der Waals surface area contributed by atoms with Crippen molar-refractivity contribution in [1.29, 1.82) is 0 Å². The first kappa shape index (κ1) is 20.8. The van der Waals surface area contributed by atoms with Crippen LogP contribution in [0.3, 0.4) is 0 Å². The van der Waals surface area contributed by atoms with Gasteiger partial charge in [-0.1, -0.05) is 30.3 Å². The molecule has 1 aromatic carbocycles. The number of benzene rings is 1. The number of aliphatic hydroxyl groups is 1. The molecule has 3 aromatic rings. The fraction of sp³-hybridized carbons (Fsp3) is 0.435. The molecular weight excluding hydrogens is 382 g/mol. The summed E-state index contributed by atoms with van der Waals surface area (Å²) in [7, 11) is 1.63. The van der Waals surface area contributed by atoms with Gasteiger partial charge in [0.25, 0.3) is 0 Å². The molecule has 0 saturated heterocycles. The smallest absolute Gasteiger partial charge is 0.161 e. The second-order valence-electron chi connectivity index (χ2n) is 7.64. The summed E-state index contributed by atoms with van der Waals surface area (Å²) in [6, 6.07) is 11.8. The molecule has 3 heterocycles. The molecule has 1 aliphatic heterocycles. The van der Waals surface area contributed by atoms with Crippen molar-refractivity contribution in [2.45, 2.75) is 31.9 Å². The van der Waals surface area contributed by atoms with Crippen LogP contribution in [0.4, 0.5) is 5.69 Å². The van der Waals surface area contributed by atoms with E-state index in [4.69, 9.17) is 19.2 Å². The second kappa shape index (κ2) is 9.14. The van der Waals surface area contributed by atoms with Gasteiger partial charge in [-0.25, -0.2) is 4.98 Å². The summed E-state index contributed by atoms with van der Waals surface area (Å²) in [4.78, 5) is 4.78. The number of hydrogen-bond acceptors (Lipinski definition) is 6. The molecule has 0 unspecified atom stereocenters. The Morgan fingerprint density at radius 1 is 1.10 bits per heavy atom. The number of fused-ring (bicyclic) bond motifs is 3. The average molecular weight is 412 g/mol. The minimum absolute atomic E-state index is 0.162. The van der Waals surface area contributed by atoms with Crippen LogP contribution in [0.5, 0.6) is 0 Å². The van der Waals surface area contributed by atoms with Gasteiger partial charge in [-0.05, 0) is 31.0 Å². The molecule has 0 amide bonds. The lowest BCUT2D eigenvalue weighted by molar-refractivity contribution is -0.0781. The van der Waals surface area contributed by atoms with Crippen molar-refractivity contribution < 1.29 is 19.3 Å². The quantitative estimate of drug-likeness (QED) is 0.438. The third-order valence-electron chi connectivity index (χ3n) is 5.81. The van der Waals surface area contributed by atoms with Crippen molar-refractivity contribution in [2.75, 3.05) is 39.0 Å². The van der Waals surface area contributed by atoms with Crippen molar-refractivity contribution in [2.24, 2.45) is 0 Å². The number of nitrogens with zero attached hydrogens (tertiary/aromatic N) is 2. The number of hydrogen-bond donors (Lipinski definition) is 2. The normalized spacial score (nSPS) is 20.9. The molecule has 0 saturated carbocycles. The van der Waals surface area contributed by atoms with Crippen LogP contribution in [0.2, 0.25) is 0 Å². The molecule has 7 nitrogen and oxygen atoms in total. The van der Waals surface area contributed by atoms with E-state index in [2.05, 4.69) is 16.6 Å². The van der Waals surface area contributed by atoms with E-state index in [9.17, 15) is 5.11 Å². The average Bonchev–Trinajstić information content (AvgIpc) is 3.06. The largest absolute Gasteiger partial charge is 0.390 e. The maximum atomic E-state index is 11.3. The molecule has 1 aliphatic rings. The van der Waals surface area contributed by atoms with Crippen LogP contribution < -0.4 is 5.32 Å². The van der Waals surface area contributed by atoms with Crippen LogP contribution in [0, 0.1) is 13.8 Å². The zero-order valence-electron chi connectivity index (χ0n) is 17.7. The van der Waals surface area contributed by atoms with E-state index in [1.165, 1.54) is 0 Å². The molecule has 4 rings (SSSR count). The van der Waals surface area contributed by atoms with Gasteiger partial charge in [0.1, 0.15) is 6.79 Å². The number of methoxy groups -OCH3 is 1. The first-order valence-corrected chi connectivity index (χ1v) is 10.2. The van der Waals surface area contributed by atoms with Crippen molar-refractivity contribution in [3.8, 4) is 0 Å². The fourth-order valence-electron chi connectivity index (χ4n) is 4.03. The molecule has 0 bridgehead atoms. The molecule has 2 N–H and O–H groups in total. The third kappa shape index (κ3) is 3.94. The summed E-state index contributed by atoms with van der Waals surface area (Å²) in [5.41, 5.74) is 5.95. The van der Waals surface area contributed by atoms with Gasteiger partial charge in [-0.15, -0.1) is 0 Å². The fourth-order valence-corrected chi connectivity index (χ4v) is 4.03. The molecule has 3 atom stereocenters. The Morgan fingerprint density at radius 2 is 1.90 bits per heavy atom. The molecule has 0 spiro atoms. The molecule has 0 radical (unpaired) electrons. The van der Waals surface area contributed by atoms with Gasteiger partial charge < -0.3 is 29.0 Å². The maximum absolute atomic E-state index is 11.3. The Hall–Kier alpha value is -2.45. The number of aromatic nitrogens is 2. The van der Waals surface area contributed by atoms with E-state index >= 15 is 0 Å². The highest BCUT2D eigenvalue weighted by Crippen LogP contribution is 2.42. The Balaban J connectivity index is 1.66. The van der Waals surface area contributed by atoms with E-state index in [1.807, 2.05) is 49.5 Å². The number of ether oxygens (including phenoxy) is 3. The standard InChI is InChI=1S/C23H29N3O4/c1-15-16(2)26-10-9-18-19(13-30-14-29-12-11-28-3)22(27)20(17-7-5-4-6-8-17)25-21(18)23(26)24-15/h4-10,19-20,22,25,27H,11-14H2,1-3H3/t19-,20+,22+/m0/s1. The summed E-state index contributed by atoms with van der Waals surface area (Å²) in [6.45, 7) is 5.58. The van der Waals surface area contributed by atoms with Gasteiger partial charge in [0, 0.05) is 24.9 Å². The van der Waals surface area contributed by atoms with E-state index < -0.39 is 6.10 Å². The lowest BCUT2D eigenvalue weighted by Gasteiger charge is -2.38. The summed E-state index contributed by atoms with van der Waals surface area (Å²) >= 11 is 0. The lowest BCUT2D eigenvalue weighted by Crippen LogP contribution is -2.38. The van der Waals surface area contributed by atoms with Crippen molar-refractivity contribution >= 4 is 11.3 Å². The number of pyridine rings is 1. The number of aryl methyl sites for hydroxylation is 2. The molecular formula is C23H29N3O4. The lowest BCUT2D eigenvalue weighted by atomic mass is 9.82.